The molecule has 1 amide bonds. The summed E-state index contributed by atoms with van der Waals surface area (Å²) in [5.41, 5.74) is -9.13. The van der Waals surface area contributed by atoms with Crippen molar-refractivity contribution < 1.29 is 81.7 Å². The van der Waals surface area contributed by atoms with Crippen LogP contribution in [0, 0.1) is 16.7 Å². The predicted octanol–water partition coefficient (Wildman–Crippen LogP) is 6.36. The molecule has 1 saturated heterocycles. The van der Waals surface area contributed by atoms with E-state index in [1.807, 2.05) is 0 Å². The zero-order valence-electron chi connectivity index (χ0n) is 39.4. The first-order chi connectivity index (χ1) is 32.0. The van der Waals surface area contributed by atoms with Gasteiger partial charge in [-0.2, -0.15) is 0 Å². The Morgan fingerprint density at radius 2 is 1.51 bits per heavy atom. The van der Waals surface area contributed by atoms with Gasteiger partial charge in [-0.05, 0) is 63.5 Å². The van der Waals surface area contributed by atoms with Crippen molar-refractivity contribution in [2.45, 2.75) is 138 Å². The van der Waals surface area contributed by atoms with Crippen LogP contribution in [-0.2, 0) is 57.1 Å². The average Bonchev–Trinajstić information content (AvgIpc) is 3.24. The van der Waals surface area contributed by atoms with E-state index in [9.17, 15) is 34.2 Å². The quantitative estimate of drug-likeness (QED) is 0.0959. The highest BCUT2D eigenvalue weighted by atomic mass is 35.6. The predicted molar refractivity (Wildman–Crippen MR) is 244 cm³/mol. The van der Waals surface area contributed by atoms with Crippen LogP contribution in [0.5, 0.6) is 0 Å². The molecule has 18 nitrogen and oxygen atoms in total. The van der Waals surface area contributed by atoms with E-state index in [0.29, 0.717) is 0 Å². The summed E-state index contributed by atoms with van der Waals surface area (Å²) < 4.78 is 44.5. The van der Waals surface area contributed by atoms with E-state index in [4.69, 9.17) is 72.7 Å². The lowest BCUT2D eigenvalue weighted by Crippen LogP contribution is -2.82. The van der Waals surface area contributed by atoms with Crippen molar-refractivity contribution in [3.8, 4) is 0 Å². The number of ether oxygens (including phenoxy) is 8. The minimum Gasteiger partial charge on any atom is -0.455 e. The average molecular weight is 1030 g/mol. The van der Waals surface area contributed by atoms with E-state index in [1.165, 1.54) is 52.0 Å². The van der Waals surface area contributed by atoms with Gasteiger partial charge in [-0.3, -0.25) is 14.4 Å². The van der Waals surface area contributed by atoms with Crippen LogP contribution in [0.4, 0.5) is 9.59 Å². The molecular weight excluding hydrogens is 969 g/mol. The number of carbonyl (C=O) groups excluding carboxylic acids is 7. The van der Waals surface area contributed by atoms with Gasteiger partial charge in [0.1, 0.15) is 42.2 Å². The summed E-state index contributed by atoms with van der Waals surface area (Å²) in [5.74, 6) is -6.71. The van der Waals surface area contributed by atoms with Crippen molar-refractivity contribution in [2.75, 3.05) is 13.2 Å². The molecule has 2 aromatic carbocycles. The molecule has 5 unspecified atom stereocenters. The summed E-state index contributed by atoms with van der Waals surface area (Å²) in [6.45, 7) is 11.6. The lowest BCUT2D eigenvalue weighted by molar-refractivity contribution is -0.346. The molecule has 1 heterocycles. The summed E-state index contributed by atoms with van der Waals surface area (Å²) in [4.78, 5) is 98.1. The van der Waals surface area contributed by atoms with E-state index >= 15 is 9.59 Å². The van der Waals surface area contributed by atoms with Gasteiger partial charge in [0, 0.05) is 32.1 Å². The number of nitrogens with one attached hydrogen (secondary N) is 1. The highest BCUT2D eigenvalue weighted by molar-refractivity contribution is 6.67. The third-order valence-corrected chi connectivity index (χ3v) is 13.7. The Hall–Kier alpha value is -4.98. The van der Waals surface area contributed by atoms with Crippen LogP contribution < -0.4 is 5.32 Å². The Morgan fingerprint density at radius 3 is 2.04 bits per heavy atom. The fourth-order valence-corrected chi connectivity index (χ4v) is 10.3. The summed E-state index contributed by atoms with van der Waals surface area (Å²) in [6, 6.07) is 13.9. The van der Waals surface area contributed by atoms with Crippen LogP contribution >= 0.6 is 34.8 Å². The fraction of sp³-hybridized carbons (Fsp3) is 0.562. The normalized spacial score (nSPS) is 30.2. The minimum atomic E-state index is -2.51. The van der Waals surface area contributed by atoms with E-state index in [0.717, 1.165) is 13.8 Å². The van der Waals surface area contributed by atoms with Crippen molar-refractivity contribution in [2.24, 2.45) is 16.7 Å². The number of fused-ring (bicyclic) bond motifs is 5. The molecule has 11 atom stereocenters. The second kappa shape index (κ2) is 19.7. The molecule has 0 radical (unpaired) electrons. The maximum Gasteiger partial charge on any atom is 0.509 e. The number of carbonyl (C=O) groups is 7. The van der Waals surface area contributed by atoms with Crippen molar-refractivity contribution in [1.82, 2.24) is 5.32 Å². The Labute approximate surface area is 413 Å². The van der Waals surface area contributed by atoms with Gasteiger partial charge in [-0.25, -0.2) is 19.2 Å². The van der Waals surface area contributed by atoms with Crippen molar-refractivity contribution in [3.05, 3.63) is 82.9 Å². The SMILES string of the molecule is CC(=O)O[C@H]1C(=O)[C@@]2(C)C(C(OC(=O)c3ccccc3)[C@]3(O)CC(OC(=O)C(OC(=O)OCC(Cl)(Cl)Cl)[C@@H](NC(=O)OC(C)(C)C)c4ccccc4)C(C)=C1C3(C)C)[C@]1(OC(C)=O)COC1C[C@@H]2O. The van der Waals surface area contributed by atoms with Crippen LogP contribution in [0.3, 0.4) is 0 Å². The molecular formula is C48H56Cl3NO17. The lowest BCUT2D eigenvalue weighted by atomic mass is 9.44. The Kier molecular flexibility index (Phi) is 15.2. The molecule has 3 aliphatic carbocycles. The lowest BCUT2D eigenvalue weighted by Gasteiger charge is -2.67. The van der Waals surface area contributed by atoms with E-state index in [-0.39, 0.29) is 35.3 Å². The van der Waals surface area contributed by atoms with E-state index in [2.05, 4.69) is 5.32 Å². The number of ketones is 1. The number of aliphatic hydroxyl groups is 2. The fourth-order valence-electron chi connectivity index (χ4n) is 10.2. The van der Waals surface area contributed by atoms with Crippen molar-refractivity contribution in [1.29, 1.82) is 0 Å². The van der Waals surface area contributed by atoms with Gasteiger partial charge in [0.05, 0.1) is 29.6 Å². The molecule has 3 N–H and O–H groups in total. The maximum atomic E-state index is 15.6. The minimum absolute atomic E-state index is 0.0166. The molecule has 2 saturated carbocycles. The van der Waals surface area contributed by atoms with Crippen LogP contribution in [0.25, 0.3) is 0 Å². The summed E-state index contributed by atoms with van der Waals surface area (Å²) in [5, 5.41) is 28.6. The molecule has 6 rings (SSSR count). The van der Waals surface area contributed by atoms with Crippen LogP contribution in [0.15, 0.2) is 71.8 Å². The van der Waals surface area contributed by atoms with Crippen LogP contribution in [0.2, 0.25) is 0 Å². The van der Waals surface area contributed by atoms with Crippen LogP contribution in [0.1, 0.15) is 97.1 Å². The highest BCUT2D eigenvalue weighted by Gasteiger charge is 2.78. The molecule has 4 aliphatic rings. The second-order valence-electron chi connectivity index (χ2n) is 19.4. The second-order valence-corrected chi connectivity index (χ2v) is 21.9. The van der Waals surface area contributed by atoms with Gasteiger partial charge in [-0.15, -0.1) is 0 Å². The first-order valence-electron chi connectivity index (χ1n) is 22.0. The van der Waals surface area contributed by atoms with Gasteiger partial charge in [0.25, 0.3) is 0 Å². The van der Waals surface area contributed by atoms with Crippen molar-refractivity contribution >= 4 is 76.7 Å². The van der Waals surface area contributed by atoms with Gasteiger partial charge >= 0.3 is 36.1 Å². The highest BCUT2D eigenvalue weighted by Crippen LogP contribution is 2.64. The molecule has 3 fully saturated rings. The number of aliphatic hydroxyl groups excluding tert-OH is 1. The number of esters is 4. The zero-order valence-corrected chi connectivity index (χ0v) is 41.6. The van der Waals surface area contributed by atoms with Gasteiger partial charge in [0.2, 0.25) is 9.90 Å². The third-order valence-electron chi connectivity index (χ3n) is 13.4. The zero-order chi connectivity index (χ0) is 51.2. The van der Waals surface area contributed by atoms with E-state index in [1.54, 1.807) is 57.2 Å². The number of halogens is 3. The molecule has 1 aliphatic heterocycles. The molecule has 2 aromatic rings. The summed E-state index contributed by atoms with van der Waals surface area (Å²) in [7, 11) is 0. The number of alkyl carbamates (subject to hydrolysis) is 1. The molecule has 376 valence electrons. The van der Waals surface area contributed by atoms with Gasteiger partial charge < -0.3 is 53.4 Å². The Bertz CT molecular complexity index is 2370. The number of rotatable bonds is 11. The Balaban J connectivity index is 1.57. The molecule has 0 spiro atoms. The first-order valence-corrected chi connectivity index (χ1v) is 23.2. The van der Waals surface area contributed by atoms with Crippen LogP contribution in [-0.4, -0.2) is 123 Å². The molecule has 0 aromatic heterocycles. The monoisotopic (exact) mass is 1020 g/mol. The number of hydrogen-bond donors (Lipinski definition) is 3. The Morgan fingerprint density at radius 1 is 0.899 bits per heavy atom. The third kappa shape index (κ3) is 10.6. The smallest absolute Gasteiger partial charge is 0.455 e. The topological polar surface area (TPSA) is 246 Å². The van der Waals surface area contributed by atoms with Crippen molar-refractivity contribution in [3.63, 3.8) is 0 Å². The maximum absolute atomic E-state index is 15.6. The molecule has 21 heteroatoms. The van der Waals surface area contributed by atoms with Gasteiger partial charge in [0.15, 0.2) is 17.5 Å². The number of Topliss-reactive ketones (excluding diaryl/α,β-unsaturated/α-hetero) is 1. The largest absolute Gasteiger partial charge is 0.509 e. The summed E-state index contributed by atoms with van der Waals surface area (Å²) in [6.07, 6.45) is -13.9. The number of hydrogen-bond acceptors (Lipinski definition) is 17. The van der Waals surface area contributed by atoms with Gasteiger partial charge in [-0.1, -0.05) is 97.2 Å². The standard InChI is InChI=1S/C48H56Cl3NO17/c1-24-29(65-40(58)35(66-42(60)63-23-48(49,50)51)33(27-16-12-10-13-17-27)52-41(59)69-43(4,5)6)21-47(61)38(67-39(57)28-18-14-11-15-19-28)36-45(9,30(55)20-31-46(36,22-62-31)68-26(3)54)37(56)34(64-25(2)53)32(24)44(47,7)8/h10-19,29-31,33-36,38,55,61H,20-23H2,1-9H3,(H,52,59)/t29?,30-,31?,33-,34+,35?,36?,38?,45+,46-,47+/m0/s1. The number of amides is 1. The first kappa shape index (κ1) is 53.4. The summed E-state index contributed by atoms with van der Waals surface area (Å²) >= 11 is 17.5. The number of benzene rings is 2. The molecule has 2 bridgehead atoms. The molecule has 69 heavy (non-hydrogen) atoms. The number of alkyl halides is 3. The van der Waals surface area contributed by atoms with E-state index < -0.39 is 135 Å².